The standard InChI is InChI=1S/C20H20N2O4S/c23-19(6-4-15-3-5-16-17(14-15)26-12-11-25-16)21-7-9-22(10-8-21)20(24)18-2-1-13-27-18/h1-6,13-14H,7-12H2. The number of fused-ring (bicyclic) bond motifs is 1. The van der Waals surface area contributed by atoms with Gasteiger partial charge in [0.05, 0.1) is 4.88 Å². The quantitative estimate of drug-likeness (QED) is 0.763. The SMILES string of the molecule is O=C(C=Cc1ccc2c(c1)OCCO2)N1CCN(C(=O)c2cccs2)CC1. The summed E-state index contributed by atoms with van der Waals surface area (Å²) in [5, 5.41) is 1.90. The van der Waals surface area contributed by atoms with Crippen molar-refractivity contribution in [3.05, 3.63) is 52.2 Å². The molecule has 0 N–H and O–H groups in total. The second-order valence-corrected chi connectivity index (χ2v) is 7.28. The first kappa shape index (κ1) is 17.6. The summed E-state index contributed by atoms with van der Waals surface area (Å²) in [7, 11) is 0. The van der Waals surface area contributed by atoms with E-state index in [1.165, 1.54) is 11.3 Å². The van der Waals surface area contributed by atoms with Gasteiger partial charge in [0, 0.05) is 32.3 Å². The Morgan fingerprint density at radius 1 is 0.963 bits per heavy atom. The molecule has 2 aliphatic rings. The number of thiophene rings is 1. The normalized spacial score (nSPS) is 16.6. The molecule has 0 aliphatic carbocycles. The molecule has 0 saturated carbocycles. The monoisotopic (exact) mass is 384 g/mol. The Bertz CT molecular complexity index is 855. The lowest BCUT2D eigenvalue weighted by molar-refractivity contribution is -0.127. The van der Waals surface area contributed by atoms with Gasteiger partial charge in [-0.25, -0.2) is 0 Å². The minimum Gasteiger partial charge on any atom is -0.486 e. The van der Waals surface area contributed by atoms with Crippen LogP contribution >= 0.6 is 11.3 Å². The predicted octanol–water partition coefficient (Wildman–Crippen LogP) is 2.52. The maximum absolute atomic E-state index is 12.4. The first-order valence-corrected chi connectivity index (χ1v) is 9.78. The zero-order valence-electron chi connectivity index (χ0n) is 14.8. The Balaban J connectivity index is 1.33. The van der Waals surface area contributed by atoms with Crippen molar-refractivity contribution in [3.63, 3.8) is 0 Å². The van der Waals surface area contributed by atoms with Gasteiger partial charge in [0.25, 0.3) is 5.91 Å². The van der Waals surface area contributed by atoms with Gasteiger partial charge in [-0.15, -0.1) is 11.3 Å². The maximum Gasteiger partial charge on any atom is 0.264 e. The molecule has 140 valence electrons. The molecular weight excluding hydrogens is 364 g/mol. The highest BCUT2D eigenvalue weighted by Gasteiger charge is 2.24. The van der Waals surface area contributed by atoms with Crippen LogP contribution in [0.1, 0.15) is 15.2 Å². The molecule has 1 aromatic carbocycles. The maximum atomic E-state index is 12.4. The van der Waals surface area contributed by atoms with Crippen LogP contribution in [0.4, 0.5) is 0 Å². The molecule has 7 heteroatoms. The average Bonchev–Trinajstić information content (AvgIpc) is 3.26. The van der Waals surface area contributed by atoms with Gasteiger partial charge in [-0.3, -0.25) is 9.59 Å². The summed E-state index contributed by atoms with van der Waals surface area (Å²) >= 11 is 1.45. The van der Waals surface area contributed by atoms with Gasteiger partial charge in [0.2, 0.25) is 5.91 Å². The van der Waals surface area contributed by atoms with E-state index in [-0.39, 0.29) is 11.8 Å². The van der Waals surface area contributed by atoms with Crippen LogP contribution in [0.2, 0.25) is 0 Å². The second-order valence-electron chi connectivity index (χ2n) is 6.33. The van der Waals surface area contributed by atoms with E-state index < -0.39 is 0 Å². The van der Waals surface area contributed by atoms with Crippen LogP contribution in [0.15, 0.2) is 41.8 Å². The fourth-order valence-corrected chi connectivity index (χ4v) is 3.81. The highest BCUT2D eigenvalue weighted by atomic mass is 32.1. The van der Waals surface area contributed by atoms with Crippen molar-refractivity contribution in [1.29, 1.82) is 0 Å². The predicted molar refractivity (Wildman–Crippen MR) is 103 cm³/mol. The fourth-order valence-electron chi connectivity index (χ4n) is 3.12. The smallest absolute Gasteiger partial charge is 0.264 e. The lowest BCUT2D eigenvalue weighted by Gasteiger charge is -2.34. The molecule has 0 atom stereocenters. The molecule has 4 rings (SSSR count). The lowest BCUT2D eigenvalue weighted by Crippen LogP contribution is -2.50. The van der Waals surface area contributed by atoms with Gasteiger partial charge < -0.3 is 19.3 Å². The Morgan fingerprint density at radius 3 is 2.44 bits per heavy atom. The minimum atomic E-state index is -0.0480. The largest absolute Gasteiger partial charge is 0.486 e. The third-order valence-corrected chi connectivity index (χ3v) is 5.45. The van der Waals surface area contributed by atoms with E-state index in [0.717, 1.165) is 16.2 Å². The van der Waals surface area contributed by atoms with Crippen molar-refractivity contribution in [3.8, 4) is 11.5 Å². The van der Waals surface area contributed by atoms with E-state index in [1.807, 2.05) is 35.7 Å². The van der Waals surface area contributed by atoms with Crippen LogP contribution in [0.3, 0.4) is 0 Å². The van der Waals surface area contributed by atoms with Crippen LogP contribution in [0.25, 0.3) is 6.08 Å². The zero-order valence-corrected chi connectivity index (χ0v) is 15.6. The summed E-state index contributed by atoms with van der Waals surface area (Å²) in [6.45, 7) is 3.29. The molecule has 3 heterocycles. The van der Waals surface area contributed by atoms with Gasteiger partial charge in [0.1, 0.15) is 13.2 Å². The summed E-state index contributed by atoms with van der Waals surface area (Å²) in [5.41, 5.74) is 0.888. The molecule has 2 aliphatic heterocycles. The number of benzene rings is 1. The molecule has 2 aromatic rings. The molecule has 2 amide bonds. The summed E-state index contributed by atoms with van der Waals surface area (Å²) in [5.74, 6) is 1.44. The molecule has 0 radical (unpaired) electrons. The van der Waals surface area contributed by atoms with Gasteiger partial charge in [-0.2, -0.15) is 0 Å². The lowest BCUT2D eigenvalue weighted by atomic mass is 10.1. The van der Waals surface area contributed by atoms with E-state index in [2.05, 4.69) is 0 Å². The number of ether oxygens (including phenoxy) is 2. The van der Waals surface area contributed by atoms with Crippen LogP contribution in [-0.2, 0) is 4.79 Å². The number of piperazine rings is 1. The van der Waals surface area contributed by atoms with Gasteiger partial charge in [-0.05, 0) is 35.2 Å². The van der Waals surface area contributed by atoms with E-state index in [9.17, 15) is 9.59 Å². The summed E-state index contributed by atoms with van der Waals surface area (Å²) < 4.78 is 11.1. The van der Waals surface area contributed by atoms with E-state index in [1.54, 1.807) is 22.0 Å². The number of hydrogen-bond donors (Lipinski definition) is 0. The Kier molecular flexibility index (Phi) is 5.11. The van der Waals surface area contributed by atoms with Crippen molar-refractivity contribution in [2.24, 2.45) is 0 Å². The molecule has 0 unspecified atom stereocenters. The Labute approximate surface area is 161 Å². The van der Waals surface area contributed by atoms with E-state index in [4.69, 9.17) is 9.47 Å². The fraction of sp³-hybridized carbons (Fsp3) is 0.300. The van der Waals surface area contributed by atoms with Crippen LogP contribution in [-0.4, -0.2) is 61.0 Å². The number of carbonyl (C=O) groups is 2. The number of nitrogens with zero attached hydrogens (tertiary/aromatic N) is 2. The van der Waals surface area contributed by atoms with Crippen molar-refractivity contribution in [1.82, 2.24) is 9.80 Å². The first-order valence-electron chi connectivity index (χ1n) is 8.90. The highest BCUT2D eigenvalue weighted by molar-refractivity contribution is 7.12. The average molecular weight is 384 g/mol. The van der Waals surface area contributed by atoms with Crippen molar-refractivity contribution < 1.29 is 19.1 Å². The number of hydrogen-bond acceptors (Lipinski definition) is 5. The number of carbonyl (C=O) groups excluding carboxylic acids is 2. The molecule has 1 saturated heterocycles. The summed E-state index contributed by atoms with van der Waals surface area (Å²) in [6.07, 6.45) is 3.35. The van der Waals surface area contributed by atoms with Crippen molar-refractivity contribution >= 4 is 29.2 Å². The Hall–Kier alpha value is -2.80. The topological polar surface area (TPSA) is 59.1 Å². The summed E-state index contributed by atoms with van der Waals surface area (Å²) in [6, 6.07) is 9.33. The Morgan fingerprint density at radius 2 is 1.70 bits per heavy atom. The van der Waals surface area contributed by atoms with Crippen LogP contribution < -0.4 is 9.47 Å². The van der Waals surface area contributed by atoms with Gasteiger partial charge in [0.15, 0.2) is 11.5 Å². The van der Waals surface area contributed by atoms with Crippen LogP contribution in [0, 0.1) is 0 Å². The van der Waals surface area contributed by atoms with Gasteiger partial charge in [-0.1, -0.05) is 12.1 Å². The highest BCUT2D eigenvalue weighted by Crippen LogP contribution is 2.31. The molecule has 6 nitrogen and oxygen atoms in total. The molecule has 0 bridgehead atoms. The van der Waals surface area contributed by atoms with Gasteiger partial charge >= 0.3 is 0 Å². The number of amides is 2. The number of rotatable bonds is 3. The third-order valence-electron chi connectivity index (χ3n) is 4.60. The molecule has 1 fully saturated rings. The molecule has 27 heavy (non-hydrogen) atoms. The summed E-state index contributed by atoms with van der Waals surface area (Å²) in [4.78, 5) is 29.1. The van der Waals surface area contributed by atoms with E-state index in [0.29, 0.717) is 45.1 Å². The minimum absolute atomic E-state index is 0.0453. The molecular formula is C20H20N2O4S. The zero-order chi connectivity index (χ0) is 18.6. The van der Waals surface area contributed by atoms with Crippen LogP contribution in [0.5, 0.6) is 11.5 Å². The second kappa shape index (κ2) is 7.84. The molecule has 1 aromatic heterocycles. The van der Waals surface area contributed by atoms with Crippen molar-refractivity contribution in [2.75, 3.05) is 39.4 Å². The van der Waals surface area contributed by atoms with Crippen molar-refractivity contribution in [2.45, 2.75) is 0 Å². The first-order chi connectivity index (χ1) is 13.2. The molecule has 0 spiro atoms. The third kappa shape index (κ3) is 3.98. The van der Waals surface area contributed by atoms with E-state index >= 15 is 0 Å².